The van der Waals surface area contributed by atoms with Crippen molar-refractivity contribution in [2.45, 2.75) is 25.4 Å². The lowest BCUT2D eigenvalue weighted by Crippen LogP contribution is -2.33. The number of ether oxygens (including phenoxy) is 1. The van der Waals surface area contributed by atoms with Crippen LogP contribution in [-0.4, -0.2) is 31.3 Å². The quantitative estimate of drug-likeness (QED) is 0.777. The number of para-hydroxylation sites is 1. The summed E-state index contributed by atoms with van der Waals surface area (Å²) in [5.74, 6) is 0. The minimum absolute atomic E-state index is 0.348. The second-order valence-electron chi connectivity index (χ2n) is 4.54. The maximum Gasteiger partial charge on any atom is 0.108 e. The molecule has 0 saturated heterocycles. The highest BCUT2D eigenvalue weighted by molar-refractivity contribution is 7.18. The second kappa shape index (κ2) is 7.55. The van der Waals surface area contributed by atoms with Crippen LogP contribution in [-0.2, 0) is 11.3 Å². The zero-order valence-corrected chi connectivity index (χ0v) is 12.1. The largest absolute Gasteiger partial charge is 0.383 e. The fourth-order valence-corrected chi connectivity index (χ4v) is 2.96. The molecule has 0 aliphatic rings. The molecule has 0 saturated carbocycles. The van der Waals surface area contributed by atoms with Gasteiger partial charge < -0.3 is 15.8 Å². The lowest BCUT2D eigenvalue weighted by Gasteiger charge is -2.16. The molecule has 19 heavy (non-hydrogen) atoms. The molecule has 2 aromatic rings. The Labute approximate surface area is 118 Å². The Bertz CT molecular complexity index is 467. The van der Waals surface area contributed by atoms with Gasteiger partial charge in [-0.15, -0.1) is 11.3 Å². The molecule has 4 nitrogen and oxygen atoms in total. The van der Waals surface area contributed by atoms with Crippen LogP contribution >= 0.6 is 11.3 Å². The normalized spacial score (nSPS) is 12.9. The Kier molecular flexibility index (Phi) is 5.72. The molecule has 1 aromatic carbocycles. The number of rotatable bonds is 8. The number of fused-ring (bicyclic) bond motifs is 1. The fraction of sp³-hybridized carbons (Fsp3) is 0.500. The van der Waals surface area contributed by atoms with Crippen LogP contribution in [0.3, 0.4) is 0 Å². The van der Waals surface area contributed by atoms with Crippen molar-refractivity contribution in [3.05, 3.63) is 29.3 Å². The first kappa shape index (κ1) is 14.4. The summed E-state index contributed by atoms with van der Waals surface area (Å²) in [5, 5.41) is 4.62. The van der Waals surface area contributed by atoms with Gasteiger partial charge in [-0.05, 0) is 31.5 Å². The zero-order valence-electron chi connectivity index (χ0n) is 11.3. The summed E-state index contributed by atoms with van der Waals surface area (Å²) in [6, 6.07) is 8.58. The minimum Gasteiger partial charge on any atom is -0.383 e. The number of thiazole rings is 1. The van der Waals surface area contributed by atoms with Crippen molar-refractivity contribution in [1.82, 2.24) is 10.3 Å². The third-order valence-electron chi connectivity index (χ3n) is 3.00. The molecule has 1 unspecified atom stereocenters. The van der Waals surface area contributed by atoms with Crippen LogP contribution in [0, 0.1) is 0 Å². The monoisotopic (exact) mass is 279 g/mol. The molecule has 0 aliphatic carbocycles. The number of benzene rings is 1. The summed E-state index contributed by atoms with van der Waals surface area (Å²) in [5.41, 5.74) is 6.63. The van der Waals surface area contributed by atoms with Gasteiger partial charge in [0.15, 0.2) is 0 Å². The van der Waals surface area contributed by atoms with E-state index in [0.717, 1.165) is 36.5 Å². The van der Waals surface area contributed by atoms with E-state index in [4.69, 9.17) is 10.5 Å². The second-order valence-corrected chi connectivity index (χ2v) is 5.65. The number of methoxy groups -OCH3 is 1. The summed E-state index contributed by atoms with van der Waals surface area (Å²) < 4.78 is 6.47. The average molecular weight is 279 g/mol. The molecule has 2 rings (SSSR count). The third-order valence-corrected chi connectivity index (χ3v) is 4.04. The van der Waals surface area contributed by atoms with E-state index in [1.54, 1.807) is 18.4 Å². The Hall–Kier alpha value is -1.01. The molecule has 3 N–H and O–H groups in total. The van der Waals surface area contributed by atoms with Crippen molar-refractivity contribution in [2.75, 3.05) is 20.3 Å². The van der Waals surface area contributed by atoms with Gasteiger partial charge in [0.05, 0.1) is 16.8 Å². The molecule has 0 fully saturated rings. The average Bonchev–Trinajstić information content (AvgIpc) is 2.84. The Morgan fingerprint density at radius 2 is 2.26 bits per heavy atom. The zero-order chi connectivity index (χ0) is 13.5. The first-order chi connectivity index (χ1) is 9.33. The molecule has 5 heteroatoms. The highest BCUT2D eigenvalue weighted by Crippen LogP contribution is 2.21. The van der Waals surface area contributed by atoms with Gasteiger partial charge in [-0.2, -0.15) is 0 Å². The van der Waals surface area contributed by atoms with E-state index in [1.165, 1.54) is 4.70 Å². The number of aromatic nitrogens is 1. The van der Waals surface area contributed by atoms with Crippen molar-refractivity contribution >= 4 is 21.6 Å². The van der Waals surface area contributed by atoms with Crippen LogP contribution in [0.1, 0.15) is 17.8 Å². The number of nitrogens with one attached hydrogen (secondary N) is 1. The number of nitrogens with zero attached hydrogens (tertiary/aromatic N) is 1. The molecule has 1 aromatic heterocycles. The minimum atomic E-state index is 0.348. The lowest BCUT2D eigenvalue weighted by molar-refractivity contribution is 0.161. The fourth-order valence-electron chi connectivity index (χ4n) is 2.04. The van der Waals surface area contributed by atoms with E-state index in [-0.39, 0.29) is 0 Å². The maximum atomic E-state index is 5.55. The predicted molar refractivity (Wildman–Crippen MR) is 80.4 cm³/mol. The molecule has 0 radical (unpaired) electrons. The number of hydrogen-bond acceptors (Lipinski definition) is 5. The molecule has 0 bridgehead atoms. The van der Waals surface area contributed by atoms with Gasteiger partial charge in [-0.3, -0.25) is 0 Å². The summed E-state index contributed by atoms with van der Waals surface area (Å²) in [7, 11) is 1.73. The van der Waals surface area contributed by atoms with E-state index >= 15 is 0 Å². The van der Waals surface area contributed by atoms with Gasteiger partial charge in [0.2, 0.25) is 0 Å². The highest BCUT2D eigenvalue weighted by Gasteiger charge is 2.09. The standard InChI is InChI=1S/C14H21N3OS/c1-18-10-11(5-4-8-15)16-9-14-17-12-6-2-3-7-13(12)19-14/h2-3,6-7,11,16H,4-5,8-10,15H2,1H3. The van der Waals surface area contributed by atoms with Gasteiger partial charge in [0.25, 0.3) is 0 Å². The molecule has 1 heterocycles. The molecule has 0 aliphatic heterocycles. The Balaban J connectivity index is 1.91. The highest BCUT2D eigenvalue weighted by atomic mass is 32.1. The van der Waals surface area contributed by atoms with Crippen LogP contribution in [0.2, 0.25) is 0 Å². The van der Waals surface area contributed by atoms with Crippen LogP contribution in [0.4, 0.5) is 0 Å². The summed E-state index contributed by atoms with van der Waals surface area (Å²) in [4.78, 5) is 4.62. The Morgan fingerprint density at radius 3 is 3.00 bits per heavy atom. The first-order valence-electron chi connectivity index (χ1n) is 6.60. The van der Waals surface area contributed by atoms with Crippen molar-refractivity contribution in [3.63, 3.8) is 0 Å². The predicted octanol–water partition coefficient (Wildman–Crippen LogP) is 2.14. The smallest absolute Gasteiger partial charge is 0.108 e. The van der Waals surface area contributed by atoms with E-state index < -0.39 is 0 Å². The third kappa shape index (κ3) is 4.24. The van der Waals surface area contributed by atoms with Crippen LogP contribution in [0.25, 0.3) is 10.2 Å². The van der Waals surface area contributed by atoms with Crippen LogP contribution in [0.5, 0.6) is 0 Å². The van der Waals surface area contributed by atoms with E-state index in [0.29, 0.717) is 12.6 Å². The molecule has 0 spiro atoms. The summed E-state index contributed by atoms with van der Waals surface area (Å²) in [6.07, 6.45) is 2.05. The van der Waals surface area contributed by atoms with Crippen molar-refractivity contribution in [2.24, 2.45) is 5.73 Å². The lowest BCUT2D eigenvalue weighted by atomic mass is 10.1. The van der Waals surface area contributed by atoms with E-state index in [9.17, 15) is 0 Å². The van der Waals surface area contributed by atoms with E-state index in [2.05, 4.69) is 22.4 Å². The maximum absolute atomic E-state index is 5.55. The van der Waals surface area contributed by atoms with Crippen molar-refractivity contribution < 1.29 is 4.74 Å². The number of hydrogen-bond donors (Lipinski definition) is 2. The van der Waals surface area contributed by atoms with Crippen LogP contribution < -0.4 is 11.1 Å². The molecular weight excluding hydrogens is 258 g/mol. The van der Waals surface area contributed by atoms with Crippen LogP contribution in [0.15, 0.2) is 24.3 Å². The van der Waals surface area contributed by atoms with Gasteiger partial charge in [0, 0.05) is 19.7 Å². The number of nitrogens with two attached hydrogens (primary N) is 1. The SMILES string of the molecule is COCC(CCCN)NCc1nc2ccccc2s1. The van der Waals surface area contributed by atoms with E-state index in [1.807, 2.05) is 12.1 Å². The van der Waals surface area contributed by atoms with Gasteiger partial charge in [-0.1, -0.05) is 12.1 Å². The van der Waals surface area contributed by atoms with Gasteiger partial charge in [0.1, 0.15) is 5.01 Å². The molecule has 1 atom stereocenters. The Morgan fingerprint density at radius 1 is 1.42 bits per heavy atom. The van der Waals surface area contributed by atoms with Crippen molar-refractivity contribution in [3.8, 4) is 0 Å². The molecule has 0 amide bonds. The molecular formula is C14H21N3OS. The van der Waals surface area contributed by atoms with Gasteiger partial charge >= 0.3 is 0 Å². The van der Waals surface area contributed by atoms with Gasteiger partial charge in [-0.25, -0.2) is 4.98 Å². The van der Waals surface area contributed by atoms with Crippen molar-refractivity contribution in [1.29, 1.82) is 0 Å². The first-order valence-corrected chi connectivity index (χ1v) is 7.42. The topological polar surface area (TPSA) is 60.2 Å². The summed E-state index contributed by atoms with van der Waals surface area (Å²) in [6.45, 7) is 2.23. The summed E-state index contributed by atoms with van der Waals surface area (Å²) >= 11 is 1.74. The molecule has 104 valence electrons.